The van der Waals surface area contributed by atoms with Crippen LogP contribution in [0, 0.1) is 11.3 Å². The fourth-order valence-corrected chi connectivity index (χ4v) is 3.46. The van der Waals surface area contributed by atoms with Crippen LogP contribution < -0.4 is 5.56 Å². The van der Waals surface area contributed by atoms with Crippen LogP contribution in [0.4, 0.5) is 0 Å². The molecule has 0 saturated heterocycles. The van der Waals surface area contributed by atoms with E-state index in [1.54, 1.807) is 0 Å². The summed E-state index contributed by atoms with van der Waals surface area (Å²) < 4.78 is 1.52. The maximum atomic E-state index is 12.7. The molecule has 3 rings (SSSR count). The zero-order chi connectivity index (χ0) is 16.4. The second-order valence-electron chi connectivity index (χ2n) is 5.76. The first kappa shape index (κ1) is 15.4. The molecule has 0 aliphatic rings. The second kappa shape index (κ2) is 6.35. The zero-order valence-corrected chi connectivity index (χ0v) is 13.9. The van der Waals surface area contributed by atoms with Gasteiger partial charge in [-0.3, -0.25) is 9.36 Å². The number of fused-ring (bicyclic) bond motifs is 1. The molecule has 23 heavy (non-hydrogen) atoms. The van der Waals surface area contributed by atoms with Gasteiger partial charge in [0.15, 0.2) is 0 Å². The largest absolute Gasteiger partial charge is 0.298 e. The lowest BCUT2D eigenvalue weighted by atomic mass is 9.99. The number of nitrogens with zero attached hydrogens (tertiary/aromatic N) is 3. The Morgan fingerprint density at radius 3 is 2.70 bits per heavy atom. The van der Waals surface area contributed by atoms with E-state index in [-0.39, 0.29) is 5.56 Å². The molecule has 2 heterocycles. The van der Waals surface area contributed by atoms with E-state index in [1.165, 1.54) is 27.8 Å². The third kappa shape index (κ3) is 2.90. The number of nitriles is 1. The monoisotopic (exact) mass is 323 g/mol. The van der Waals surface area contributed by atoms with E-state index in [9.17, 15) is 4.79 Å². The van der Waals surface area contributed by atoms with Gasteiger partial charge in [-0.25, -0.2) is 4.98 Å². The minimum absolute atomic E-state index is 0.0746. The highest BCUT2D eigenvalue weighted by molar-refractivity contribution is 7.17. The lowest BCUT2D eigenvalue weighted by Crippen LogP contribution is -2.20. The number of hydrogen-bond donors (Lipinski definition) is 0. The number of thiophene rings is 1. The molecule has 3 aromatic rings. The number of hydrogen-bond acceptors (Lipinski definition) is 4. The summed E-state index contributed by atoms with van der Waals surface area (Å²) in [5, 5.41) is 11.3. The Balaban J connectivity index is 2.11. The fourth-order valence-electron chi connectivity index (χ4n) is 2.56. The van der Waals surface area contributed by atoms with Gasteiger partial charge >= 0.3 is 0 Å². The molecule has 2 aromatic heterocycles. The minimum atomic E-state index is -0.0746. The molecular weight excluding hydrogens is 306 g/mol. The molecule has 0 N–H and O–H groups in total. The van der Waals surface area contributed by atoms with Crippen LogP contribution in [0.3, 0.4) is 0 Å². The Labute approximate surface area is 138 Å². The van der Waals surface area contributed by atoms with Crippen LogP contribution >= 0.6 is 11.3 Å². The van der Waals surface area contributed by atoms with Gasteiger partial charge in [0.25, 0.3) is 5.56 Å². The SMILES string of the molecule is CC(C)c1ccc(-c2csc3ncn(CCC#N)c(=O)c23)cc1. The summed E-state index contributed by atoms with van der Waals surface area (Å²) in [4.78, 5) is 17.8. The lowest BCUT2D eigenvalue weighted by molar-refractivity contribution is 0.679. The van der Waals surface area contributed by atoms with Crippen molar-refractivity contribution in [1.29, 1.82) is 5.26 Å². The summed E-state index contributed by atoms with van der Waals surface area (Å²) >= 11 is 1.48. The maximum Gasteiger partial charge on any atom is 0.262 e. The van der Waals surface area contributed by atoms with Gasteiger partial charge in [-0.15, -0.1) is 11.3 Å². The van der Waals surface area contributed by atoms with Gasteiger partial charge in [-0.05, 0) is 17.0 Å². The van der Waals surface area contributed by atoms with Crippen LogP contribution in [0.15, 0.2) is 40.8 Å². The van der Waals surface area contributed by atoms with Crippen LogP contribution in [0.5, 0.6) is 0 Å². The molecule has 5 heteroatoms. The predicted octanol–water partition coefficient (Wildman–Crippen LogP) is 4.16. The lowest BCUT2D eigenvalue weighted by Gasteiger charge is -2.07. The average Bonchev–Trinajstić information content (AvgIpc) is 2.99. The van der Waals surface area contributed by atoms with Crippen molar-refractivity contribution in [2.45, 2.75) is 32.7 Å². The van der Waals surface area contributed by atoms with E-state index in [2.05, 4.69) is 49.2 Å². The molecule has 116 valence electrons. The van der Waals surface area contributed by atoms with E-state index in [4.69, 9.17) is 5.26 Å². The number of rotatable bonds is 4. The molecule has 1 aromatic carbocycles. The van der Waals surface area contributed by atoms with E-state index < -0.39 is 0 Å². The third-order valence-corrected chi connectivity index (χ3v) is 4.80. The molecule has 0 aliphatic heterocycles. The highest BCUT2D eigenvalue weighted by Gasteiger charge is 2.13. The summed E-state index contributed by atoms with van der Waals surface area (Å²) in [5.74, 6) is 0.480. The molecule has 0 fully saturated rings. The first-order chi connectivity index (χ1) is 11.1. The zero-order valence-electron chi connectivity index (χ0n) is 13.1. The van der Waals surface area contributed by atoms with Crippen molar-refractivity contribution in [3.63, 3.8) is 0 Å². The summed E-state index contributed by atoms with van der Waals surface area (Å²) in [6.45, 7) is 4.69. The van der Waals surface area contributed by atoms with Crippen LogP contribution in [-0.4, -0.2) is 9.55 Å². The highest BCUT2D eigenvalue weighted by Crippen LogP contribution is 2.31. The van der Waals surface area contributed by atoms with Crippen molar-refractivity contribution in [2.24, 2.45) is 0 Å². The molecule has 0 radical (unpaired) electrons. The van der Waals surface area contributed by atoms with Crippen LogP contribution in [-0.2, 0) is 6.54 Å². The van der Waals surface area contributed by atoms with Gasteiger partial charge in [-0.2, -0.15) is 5.26 Å². The highest BCUT2D eigenvalue weighted by atomic mass is 32.1. The first-order valence-electron chi connectivity index (χ1n) is 7.55. The van der Waals surface area contributed by atoms with Gasteiger partial charge in [0.1, 0.15) is 4.83 Å². The molecule has 0 saturated carbocycles. The Morgan fingerprint density at radius 1 is 1.30 bits per heavy atom. The van der Waals surface area contributed by atoms with E-state index in [0.29, 0.717) is 24.3 Å². The third-order valence-electron chi connectivity index (χ3n) is 3.91. The summed E-state index contributed by atoms with van der Waals surface area (Å²) in [6, 6.07) is 10.4. The molecule has 0 spiro atoms. The Hall–Kier alpha value is -2.45. The molecule has 0 unspecified atom stereocenters. The topological polar surface area (TPSA) is 58.7 Å². The van der Waals surface area contributed by atoms with Crippen molar-refractivity contribution in [2.75, 3.05) is 0 Å². The van der Waals surface area contributed by atoms with Crippen molar-refractivity contribution in [3.05, 3.63) is 51.9 Å². The summed E-state index contributed by atoms with van der Waals surface area (Å²) in [6.07, 6.45) is 1.83. The van der Waals surface area contributed by atoms with Gasteiger partial charge < -0.3 is 0 Å². The molecule has 0 atom stereocenters. The van der Waals surface area contributed by atoms with Gasteiger partial charge in [0.2, 0.25) is 0 Å². The number of benzene rings is 1. The molecule has 0 aliphatic carbocycles. The Kier molecular flexibility index (Phi) is 4.26. The van der Waals surface area contributed by atoms with Crippen molar-refractivity contribution < 1.29 is 0 Å². The van der Waals surface area contributed by atoms with Crippen molar-refractivity contribution >= 4 is 21.6 Å². The first-order valence-corrected chi connectivity index (χ1v) is 8.43. The average molecular weight is 323 g/mol. The van der Waals surface area contributed by atoms with Crippen LogP contribution in [0.25, 0.3) is 21.3 Å². The fraction of sp³-hybridized carbons (Fsp3) is 0.278. The van der Waals surface area contributed by atoms with E-state index >= 15 is 0 Å². The maximum absolute atomic E-state index is 12.7. The van der Waals surface area contributed by atoms with Crippen molar-refractivity contribution in [3.8, 4) is 17.2 Å². The second-order valence-corrected chi connectivity index (χ2v) is 6.62. The normalized spacial score (nSPS) is 11.0. The van der Waals surface area contributed by atoms with E-state index in [1.807, 2.05) is 5.38 Å². The quantitative estimate of drug-likeness (QED) is 0.724. The number of aryl methyl sites for hydroxylation is 1. The molecule has 4 nitrogen and oxygen atoms in total. The van der Waals surface area contributed by atoms with Gasteiger partial charge in [-0.1, -0.05) is 38.1 Å². The van der Waals surface area contributed by atoms with Crippen LogP contribution in [0.2, 0.25) is 0 Å². The van der Waals surface area contributed by atoms with Gasteiger partial charge in [0, 0.05) is 17.5 Å². The van der Waals surface area contributed by atoms with Gasteiger partial charge in [0.05, 0.1) is 24.2 Å². The molecule has 0 bridgehead atoms. The summed E-state index contributed by atoms with van der Waals surface area (Å²) in [5.41, 5.74) is 3.15. The van der Waals surface area contributed by atoms with Crippen molar-refractivity contribution in [1.82, 2.24) is 9.55 Å². The minimum Gasteiger partial charge on any atom is -0.298 e. The Morgan fingerprint density at radius 2 is 2.04 bits per heavy atom. The molecule has 0 amide bonds. The Bertz CT molecular complexity index is 930. The summed E-state index contributed by atoms with van der Waals surface area (Å²) in [7, 11) is 0. The van der Waals surface area contributed by atoms with E-state index in [0.717, 1.165) is 16.0 Å². The smallest absolute Gasteiger partial charge is 0.262 e. The van der Waals surface area contributed by atoms with Crippen LogP contribution in [0.1, 0.15) is 31.7 Å². The number of aromatic nitrogens is 2. The predicted molar refractivity (Wildman–Crippen MR) is 93.6 cm³/mol. The standard InChI is InChI=1S/C18H17N3OS/c1-12(2)13-4-6-14(7-5-13)15-10-23-17-16(15)18(22)21(11-20-17)9-3-8-19/h4-7,10-12H,3,9H2,1-2H3. The molecular formula is C18H17N3OS.